The van der Waals surface area contributed by atoms with Crippen molar-refractivity contribution in [2.24, 2.45) is 5.73 Å². The Morgan fingerprint density at radius 2 is 2.18 bits per heavy atom. The number of nitrogens with two attached hydrogens (primary N) is 1. The van der Waals surface area contributed by atoms with Gasteiger partial charge in [0.1, 0.15) is 0 Å². The van der Waals surface area contributed by atoms with Crippen molar-refractivity contribution in [1.82, 2.24) is 9.97 Å². The van der Waals surface area contributed by atoms with Gasteiger partial charge in [0.05, 0.1) is 11.0 Å². The number of carbonyl (C=O) groups is 1. The Morgan fingerprint density at radius 3 is 2.76 bits per heavy atom. The van der Waals surface area contributed by atoms with Gasteiger partial charge in [-0.25, -0.2) is 9.97 Å². The monoisotopic (exact) mass is 300 g/mol. The fourth-order valence-corrected chi connectivity index (χ4v) is 2.08. The van der Waals surface area contributed by atoms with Crippen molar-refractivity contribution in [3.63, 3.8) is 0 Å². The third-order valence-corrected chi connectivity index (χ3v) is 3.23. The van der Waals surface area contributed by atoms with Crippen LogP contribution in [0.25, 0.3) is 0 Å². The molecule has 0 bridgehead atoms. The molecule has 1 aromatic heterocycles. The third kappa shape index (κ3) is 2.55. The van der Waals surface area contributed by atoms with Crippen LogP contribution in [0.3, 0.4) is 0 Å². The third-order valence-electron chi connectivity index (χ3n) is 2.82. The van der Waals surface area contributed by atoms with Crippen LogP contribution >= 0.6 is 15.9 Å². The number of aliphatic hydroxyl groups is 1. The van der Waals surface area contributed by atoms with Gasteiger partial charge in [-0.15, -0.1) is 0 Å². The van der Waals surface area contributed by atoms with Gasteiger partial charge in [0.25, 0.3) is 5.91 Å². The minimum absolute atomic E-state index is 0.143. The van der Waals surface area contributed by atoms with E-state index >= 15 is 0 Å². The van der Waals surface area contributed by atoms with E-state index in [1.165, 1.54) is 0 Å². The van der Waals surface area contributed by atoms with Gasteiger partial charge in [0.2, 0.25) is 5.95 Å². The highest BCUT2D eigenvalue weighted by molar-refractivity contribution is 9.10. The van der Waals surface area contributed by atoms with Gasteiger partial charge < -0.3 is 15.7 Å². The minimum atomic E-state index is -1.48. The second-order valence-electron chi connectivity index (χ2n) is 4.12. The van der Waals surface area contributed by atoms with E-state index < -0.39 is 11.5 Å². The van der Waals surface area contributed by atoms with Crippen molar-refractivity contribution in [2.45, 2.75) is 18.4 Å². The van der Waals surface area contributed by atoms with Gasteiger partial charge in [-0.1, -0.05) is 0 Å². The summed E-state index contributed by atoms with van der Waals surface area (Å²) in [5.41, 5.74) is 3.72. The topological polar surface area (TPSA) is 92.3 Å². The molecule has 1 aliphatic heterocycles. The van der Waals surface area contributed by atoms with Crippen LogP contribution in [0.1, 0.15) is 12.8 Å². The van der Waals surface area contributed by atoms with E-state index in [-0.39, 0.29) is 6.54 Å². The maximum atomic E-state index is 11.2. The van der Waals surface area contributed by atoms with Gasteiger partial charge in [0, 0.05) is 18.9 Å². The first-order chi connectivity index (χ1) is 8.01. The van der Waals surface area contributed by atoms with Gasteiger partial charge in [-0.05, 0) is 28.8 Å². The number of piperidine rings is 1. The summed E-state index contributed by atoms with van der Waals surface area (Å²) in [5.74, 6) is -0.202. The molecule has 0 aliphatic carbocycles. The molecule has 0 unspecified atom stereocenters. The Hall–Kier alpha value is -1.21. The highest BCUT2D eigenvalue weighted by Gasteiger charge is 2.39. The molecule has 1 fully saturated rings. The number of β-amino-alcohol motifs (C(OH)–C–C–N with tert-alkyl or cyclic N) is 1. The highest BCUT2D eigenvalue weighted by atomic mass is 79.9. The zero-order valence-corrected chi connectivity index (χ0v) is 10.7. The molecule has 17 heavy (non-hydrogen) atoms. The number of primary amides is 1. The average molecular weight is 301 g/mol. The summed E-state index contributed by atoms with van der Waals surface area (Å²) in [6.07, 6.45) is 4.31. The molecule has 2 heterocycles. The Bertz CT molecular complexity index is 425. The van der Waals surface area contributed by atoms with Crippen molar-refractivity contribution in [2.75, 3.05) is 18.0 Å². The van der Waals surface area contributed by atoms with Crippen LogP contribution in [0, 0.1) is 0 Å². The molecule has 92 valence electrons. The molecule has 1 atom stereocenters. The van der Waals surface area contributed by atoms with E-state index in [1.54, 1.807) is 17.3 Å². The summed E-state index contributed by atoms with van der Waals surface area (Å²) in [6, 6.07) is 0. The number of rotatable bonds is 2. The zero-order chi connectivity index (χ0) is 12.5. The second kappa shape index (κ2) is 4.58. The summed E-state index contributed by atoms with van der Waals surface area (Å²) in [6.45, 7) is 0.848. The lowest BCUT2D eigenvalue weighted by molar-refractivity contribution is -0.137. The molecular formula is C10H13BrN4O2. The van der Waals surface area contributed by atoms with E-state index in [1.807, 2.05) is 0 Å². The van der Waals surface area contributed by atoms with Gasteiger partial charge in [-0.3, -0.25) is 4.79 Å². The molecule has 6 nitrogen and oxygen atoms in total. The fraction of sp³-hybridized carbons (Fsp3) is 0.500. The summed E-state index contributed by atoms with van der Waals surface area (Å²) in [5, 5.41) is 10.1. The minimum Gasteiger partial charge on any atom is -0.378 e. The number of hydrogen-bond donors (Lipinski definition) is 2. The molecule has 7 heteroatoms. The first-order valence-corrected chi connectivity index (χ1v) is 6.05. The van der Waals surface area contributed by atoms with Gasteiger partial charge >= 0.3 is 0 Å². The predicted molar refractivity (Wildman–Crippen MR) is 65.3 cm³/mol. The van der Waals surface area contributed by atoms with Crippen LogP contribution < -0.4 is 10.6 Å². The van der Waals surface area contributed by atoms with E-state index in [4.69, 9.17) is 5.73 Å². The lowest BCUT2D eigenvalue weighted by atomic mass is 9.92. The van der Waals surface area contributed by atoms with Crippen molar-refractivity contribution in [3.05, 3.63) is 16.9 Å². The van der Waals surface area contributed by atoms with Crippen molar-refractivity contribution < 1.29 is 9.90 Å². The lowest BCUT2D eigenvalue weighted by Crippen LogP contribution is -2.56. The molecule has 1 aliphatic rings. The maximum absolute atomic E-state index is 11.2. The predicted octanol–water partition coefficient (Wildman–Crippen LogP) is 0.0557. The maximum Gasteiger partial charge on any atom is 0.251 e. The van der Waals surface area contributed by atoms with E-state index in [0.29, 0.717) is 25.3 Å². The quantitative estimate of drug-likeness (QED) is 0.805. The molecule has 0 aromatic carbocycles. The molecule has 1 aromatic rings. The first-order valence-electron chi connectivity index (χ1n) is 5.26. The molecule has 0 spiro atoms. The number of amides is 1. The Balaban J connectivity index is 2.17. The van der Waals surface area contributed by atoms with Gasteiger partial charge in [-0.2, -0.15) is 0 Å². The van der Waals surface area contributed by atoms with E-state index in [2.05, 4.69) is 25.9 Å². The number of halogens is 1. The molecule has 2 rings (SSSR count). The van der Waals surface area contributed by atoms with Crippen molar-refractivity contribution in [3.8, 4) is 0 Å². The molecule has 1 saturated heterocycles. The van der Waals surface area contributed by atoms with Crippen molar-refractivity contribution in [1.29, 1.82) is 0 Å². The largest absolute Gasteiger partial charge is 0.378 e. The summed E-state index contributed by atoms with van der Waals surface area (Å²) in [7, 11) is 0. The molecule has 1 amide bonds. The van der Waals surface area contributed by atoms with Crippen LogP contribution in [0.2, 0.25) is 0 Å². The van der Waals surface area contributed by atoms with E-state index in [0.717, 1.165) is 4.47 Å². The summed E-state index contributed by atoms with van der Waals surface area (Å²) < 4.78 is 0.781. The number of hydrogen-bond acceptors (Lipinski definition) is 5. The van der Waals surface area contributed by atoms with Crippen LogP contribution in [-0.4, -0.2) is 39.7 Å². The second-order valence-corrected chi connectivity index (χ2v) is 5.04. The first kappa shape index (κ1) is 12.3. The summed E-state index contributed by atoms with van der Waals surface area (Å²) >= 11 is 3.25. The van der Waals surface area contributed by atoms with Gasteiger partial charge in [0.15, 0.2) is 5.60 Å². The smallest absolute Gasteiger partial charge is 0.251 e. The summed E-state index contributed by atoms with van der Waals surface area (Å²) in [4.78, 5) is 21.2. The SMILES string of the molecule is NC(=O)[C@]1(O)CCCN(c2ncc(Br)cn2)C1. The molecule has 3 N–H and O–H groups in total. The number of nitrogens with zero attached hydrogens (tertiary/aromatic N) is 3. The molecule has 0 saturated carbocycles. The van der Waals surface area contributed by atoms with Crippen LogP contribution in [0.4, 0.5) is 5.95 Å². The average Bonchev–Trinajstić information content (AvgIpc) is 2.30. The fourth-order valence-electron chi connectivity index (χ4n) is 1.88. The lowest BCUT2D eigenvalue weighted by Gasteiger charge is -2.36. The number of anilines is 1. The Morgan fingerprint density at radius 1 is 1.53 bits per heavy atom. The van der Waals surface area contributed by atoms with Crippen molar-refractivity contribution >= 4 is 27.8 Å². The normalized spacial score (nSPS) is 24.7. The number of carbonyl (C=O) groups excluding carboxylic acids is 1. The number of aromatic nitrogens is 2. The Labute approximate surface area is 107 Å². The molecular weight excluding hydrogens is 288 g/mol. The standard InChI is InChI=1S/C10H13BrN4O2/c11-7-4-13-9(14-5-7)15-3-1-2-10(17,6-15)8(12)16/h4-5,17H,1-3,6H2,(H2,12,16)/t10-/m0/s1. The molecule has 0 radical (unpaired) electrons. The Kier molecular flexibility index (Phi) is 3.30. The van der Waals surface area contributed by atoms with E-state index in [9.17, 15) is 9.90 Å². The van der Waals surface area contributed by atoms with Crippen LogP contribution in [0.15, 0.2) is 16.9 Å². The zero-order valence-electron chi connectivity index (χ0n) is 9.14. The van der Waals surface area contributed by atoms with Crippen LogP contribution in [-0.2, 0) is 4.79 Å². The van der Waals surface area contributed by atoms with Crippen LogP contribution in [0.5, 0.6) is 0 Å². The highest BCUT2D eigenvalue weighted by Crippen LogP contribution is 2.23.